The maximum absolute atomic E-state index is 12.3. The van der Waals surface area contributed by atoms with Gasteiger partial charge in [0, 0.05) is 18.9 Å². The Morgan fingerprint density at radius 1 is 1.30 bits per heavy atom. The Labute approximate surface area is 136 Å². The molecule has 7 nitrogen and oxygen atoms in total. The molecule has 0 amide bonds. The first-order valence-electron chi connectivity index (χ1n) is 7.80. The lowest BCUT2D eigenvalue weighted by Crippen LogP contribution is -2.41. The number of ether oxygens (including phenoxy) is 2. The zero-order valence-electron chi connectivity index (χ0n) is 14.0. The quantitative estimate of drug-likeness (QED) is 0.784. The fourth-order valence-electron chi connectivity index (χ4n) is 2.41. The summed E-state index contributed by atoms with van der Waals surface area (Å²) in [5.41, 5.74) is -0.233. The molecule has 2 rings (SSSR count). The molecule has 1 fully saturated rings. The summed E-state index contributed by atoms with van der Waals surface area (Å²) in [7, 11) is 0. The SMILES string of the molecule is CCOC(=O)c1cnc(N2CCC[C@@H]2C(=O)OC(C)(C)C)nc1. The molecule has 0 radical (unpaired) electrons. The van der Waals surface area contributed by atoms with Crippen molar-refractivity contribution in [2.24, 2.45) is 0 Å². The Morgan fingerprint density at radius 3 is 2.52 bits per heavy atom. The predicted octanol–water partition coefficient (Wildman–Crippen LogP) is 1.96. The van der Waals surface area contributed by atoms with E-state index in [1.165, 1.54) is 12.4 Å². The zero-order chi connectivity index (χ0) is 17.0. The Balaban J connectivity index is 2.10. The van der Waals surface area contributed by atoms with Crippen molar-refractivity contribution in [3.8, 4) is 0 Å². The maximum atomic E-state index is 12.3. The van der Waals surface area contributed by atoms with Gasteiger partial charge in [-0.05, 0) is 40.5 Å². The van der Waals surface area contributed by atoms with Crippen LogP contribution in [0.1, 0.15) is 50.9 Å². The summed E-state index contributed by atoms with van der Waals surface area (Å²) in [6.45, 7) is 8.25. The fraction of sp³-hybridized carbons (Fsp3) is 0.625. The average molecular weight is 321 g/mol. The molecule has 0 aliphatic carbocycles. The lowest BCUT2D eigenvalue weighted by Gasteiger charge is -2.27. The van der Waals surface area contributed by atoms with E-state index in [0.717, 1.165) is 6.42 Å². The van der Waals surface area contributed by atoms with Gasteiger partial charge >= 0.3 is 11.9 Å². The van der Waals surface area contributed by atoms with Crippen LogP contribution in [0.3, 0.4) is 0 Å². The van der Waals surface area contributed by atoms with Crippen molar-refractivity contribution in [1.29, 1.82) is 0 Å². The molecule has 126 valence electrons. The van der Waals surface area contributed by atoms with Crippen LogP contribution in [0.15, 0.2) is 12.4 Å². The highest BCUT2D eigenvalue weighted by molar-refractivity contribution is 5.88. The van der Waals surface area contributed by atoms with Crippen molar-refractivity contribution in [3.05, 3.63) is 18.0 Å². The van der Waals surface area contributed by atoms with Crippen LogP contribution in [0.2, 0.25) is 0 Å². The molecule has 1 aromatic rings. The molecule has 0 bridgehead atoms. The lowest BCUT2D eigenvalue weighted by atomic mass is 10.1. The number of nitrogens with zero attached hydrogens (tertiary/aromatic N) is 3. The number of carbonyl (C=O) groups excluding carboxylic acids is 2. The van der Waals surface area contributed by atoms with Crippen molar-refractivity contribution in [2.45, 2.75) is 52.2 Å². The third-order valence-corrected chi connectivity index (χ3v) is 3.34. The van der Waals surface area contributed by atoms with Crippen LogP contribution >= 0.6 is 0 Å². The minimum atomic E-state index is -0.528. The average Bonchev–Trinajstić information content (AvgIpc) is 2.95. The van der Waals surface area contributed by atoms with E-state index in [9.17, 15) is 9.59 Å². The predicted molar refractivity (Wildman–Crippen MR) is 84.2 cm³/mol. The highest BCUT2D eigenvalue weighted by atomic mass is 16.6. The van der Waals surface area contributed by atoms with Gasteiger partial charge in [0.25, 0.3) is 0 Å². The summed E-state index contributed by atoms with van der Waals surface area (Å²) in [6, 6.07) is -0.386. The van der Waals surface area contributed by atoms with Crippen molar-refractivity contribution >= 4 is 17.9 Å². The van der Waals surface area contributed by atoms with E-state index < -0.39 is 11.6 Å². The van der Waals surface area contributed by atoms with Gasteiger partial charge in [-0.2, -0.15) is 0 Å². The second-order valence-corrected chi connectivity index (χ2v) is 6.38. The second-order valence-electron chi connectivity index (χ2n) is 6.38. The number of hydrogen-bond acceptors (Lipinski definition) is 7. The monoisotopic (exact) mass is 321 g/mol. The van der Waals surface area contributed by atoms with Crippen LogP contribution < -0.4 is 4.90 Å². The second kappa shape index (κ2) is 6.93. The Bertz CT molecular complexity index is 566. The van der Waals surface area contributed by atoms with E-state index in [0.29, 0.717) is 31.1 Å². The zero-order valence-corrected chi connectivity index (χ0v) is 14.0. The van der Waals surface area contributed by atoms with Crippen molar-refractivity contribution in [1.82, 2.24) is 9.97 Å². The molecule has 1 aromatic heterocycles. The molecule has 1 aliphatic rings. The van der Waals surface area contributed by atoms with E-state index in [4.69, 9.17) is 9.47 Å². The Morgan fingerprint density at radius 2 is 1.96 bits per heavy atom. The fourth-order valence-corrected chi connectivity index (χ4v) is 2.41. The van der Waals surface area contributed by atoms with E-state index in [1.807, 2.05) is 25.7 Å². The van der Waals surface area contributed by atoms with E-state index >= 15 is 0 Å². The number of anilines is 1. The van der Waals surface area contributed by atoms with Gasteiger partial charge in [0.1, 0.15) is 11.6 Å². The summed E-state index contributed by atoms with van der Waals surface area (Å²) in [5.74, 6) is -0.302. The van der Waals surface area contributed by atoms with E-state index in [2.05, 4.69) is 9.97 Å². The van der Waals surface area contributed by atoms with Gasteiger partial charge < -0.3 is 14.4 Å². The first-order valence-corrected chi connectivity index (χ1v) is 7.80. The standard InChI is InChI=1S/C16H23N3O4/c1-5-22-13(20)11-9-17-15(18-10-11)19-8-6-7-12(19)14(21)23-16(2,3)4/h9-10,12H,5-8H2,1-4H3/t12-/m1/s1. The molecular formula is C16H23N3O4. The van der Waals surface area contributed by atoms with Gasteiger partial charge in [-0.3, -0.25) is 0 Å². The van der Waals surface area contributed by atoms with Crippen molar-refractivity contribution in [2.75, 3.05) is 18.1 Å². The Hall–Kier alpha value is -2.18. The number of aromatic nitrogens is 2. The normalized spacial score (nSPS) is 17.9. The van der Waals surface area contributed by atoms with Crippen LogP contribution in [-0.4, -0.2) is 46.7 Å². The molecule has 7 heteroatoms. The van der Waals surface area contributed by atoms with Crippen LogP contribution in [-0.2, 0) is 14.3 Å². The highest BCUT2D eigenvalue weighted by Gasteiger charge is 2.35. The van der Waals surface area contributed by atoms with E-state index in [1.54, 1.807) is 6.92 Å². The molecule has 0 unspecified atom stereocenters. The highest BCUT2D eigenvalue weighted by Crippen LogP contribution is 2.24. The molecule has 0 N–H and O–H groups in total. The molecule has 1 atom stereocenters. The third-order valence-electron chi connectivity index (χ3n) is 3.34. The van der Waals surface area contributed by atoms with Crippen molar-refractivity contribution < 1.29 is 19.1 Å². The minimum absolute atomic E-state index is 0.270. The van der Waals surface area contributed by atoms with Gasteiger partial charge in [0.05, 0.1) is 12.2 Å². The van der Waals surface area contributed by atoms with Gasteiger partial charge in [0.15, 0.2) is 0 Å². The molecular weight excluding hydrogens is 298 g/mol. The van der Waals surface area contributed by atoms with Gasteiger partial charge in [-0.15, -0.1) is 0 Å². The first kappa shape index (κ1) is 17.2. The molecule has 0 spiro atoms. The third kappa shape index (κ3) is 4.40. The smallest absolute Gasteiger partial charge is 0.341 e. The first-order chi connectivity index (χ1) is 10.8. The number of carbonyl (C=O) groups is 2. The molecule has 1 aliphatic heterocycles. The molecule has 1 saturated heterocycles. The largest absolute Gasteiger partial charge is 0.462 e. The molecule has 23 heavy (non-hydrogen) atoms. The summed E-state index contributed by atoms with van der Waals surface area (Å²) in [6.07, 6.45) is 4.42. The van der Waals surface area contributed by atoms with E-state index in [-0.39, 0.29) is 12.0 Å². The number of esters is 2. The summed E-state index contributed by atoms with van der Waals surface area (Å²) in [5, 5.41) is 0. The number of hydrogen-bond donors (Lipinski definition) is 0. The topological polar surface area (TPSA) is 81.6 Å². The lowest BCUT2D eigenvalue weighted by molar-refractivity contribution is -0.156. The maximum Gasteiger partial charge on any atom is 0.341 e. The number of rotatable bonds is 4. The molecule has 0 aromatic carbocycles. The summed E-state index contributed by atoms with van der Waals surface area (Å²) < 4.78 is 10.4. The van der Waals surface area contributed by atoms with Gasteiger partial charge in [-0.25, -0.2) is 19.6 Å². The van der Waals surface area contributed by atoms with Crippen molar-refractivity contribution in [3.63, 3.8) is 0 Å². The van der Waals surface area contributed by atoms with Crippen LogP contribution in [0.5, 0.6) is 0 Å². The summed E-state index contributed by atoms with van der Waals surface area (Å²) in [4.78, 5) is 34.1. The van der Waals surface area contributed by atoms with Crippen LogP contribution in [0.25, 0.3) is 0 Å². The Kier molecular flexibility index (Phi) is 5.18. The van der Waals surface area contributed by atoms with Crippen LogP contribution in [0.4, 0.5) is 5.95 Å². The van der Waals surface area contributed by atoms with Crippen LogP contribution in [0, 0.1) is 0 Å². The molecule has 2 heterocycles. The summed E-state index contributed by atoms with van der Waals surface area (Å²) >= 11 is 0. The van der Waals surface area contributed by atoms with Gasteiger partial charge in [-0.1, -0.05) is 0 Å². The molecule has 0 saturated carbocycles. The van der Waals surface area contributed by atoms with Gasteiger partial charge in [0.2, 0.25) is 5.95 Å². The minimum Gasteiger partial charge on any atom is -0.462 e.